The van der Waals surface area contributed by atoms with Crippen LogP contribution in [0.3, 0.4) is 0 Å². The number of alkyl halides is 1. The zero-order valence-corrected chi connectivity index (χ0v) is 11.9. The summed E-state index contributed by atoms with van der Waals surface area (Å²) in [5.74, 6) is 0.422. The molecule has 0 heterocycles. The Labute approximate surface area is 117 Å². The van der Waals surface area contributed by atoms with Crippen molar-refractivity contribution < 1.29 is 14.8 Å². The monoisotopic (exact) mass is 338 g/mol. The molecule has 0 saturated carbocycles. The van der Waals surface area contributed by atoms with Crippen LogP contribution < -0.4 is 10.1 Å². The lowest BCUT2D eigenvalue weighted by Gasteiger charge is -2.12. The third-order valence-corrected chi connectivity index (χ3v) is 3.15. The Morgan fingerprint density at radius 2 is 2.33 bits per heavy atom. The highest BCUT2D eigenvalue weighted by atomic mass is 79.9. The summed E-state index contributed by atoms with van der Waals surface area (Å²) >= 11 is 8.67. The molecule has 1 aromatic carbocycles. The van der Waals surface area contributed by atoms with Crippen molar-refractivity contribution in [2.24, 2.45) is 0 Å². The van der Waals surface area contributed by atoms with Crippen molar-refractivity contribution in [2.45, 2.75) is 6.10 Å². The van der Waals surface area contributed by atoms with Crippen LogP contribution in [0.5, 0.6) is 5.75 Å². The van der Waals surface area contributed by atoms with E-state index in [0.29, 0.717) is 10.2 Å². The molecule has 0 amide bonds. The van der Waals surface area contributed by atoms with Crippen molar-refractivity contribution in [2.75, 3.05) is 24.9 Å². The number of nitrogens with one attached hydrogen (secondary N) is 1. The number of anilines is 1. The van der Waals surface area contributed by atoms with Gasteiger partial charge in [-0.1, -0.05) is 0 Å². The second-order valence-corrected chi connectivity index (χ2v) is 4.61. The normalized spacial score (nSPS) is 12.0. The highest BCUT2D eigenvalue weighted by Crippen LogP contribution is 2.36. The lowest BCUT2D eigenvalue weighted by Crippen LogP contribution is -2.21. The van der Waals surface area contributed by atoms with Gasteiger partial charge in [0.15, 0.2) is 0 Å². The number of aliphatic hydroxyl groups excluding tert-OH is 1. The molecule has 0 spiro atoms. The van der Waals surface area contributed by atoms with E-state index in [1.807, 2.05) is 0 Å². The maximum Gasteiger partial charge on any atom is 0.297 e. The first-order valence-electron chi connectivity index (χ1n) is 4.99. The number of nitrogens with zero attached hydrogens (tertiary/aromatic N) is 1. The molecule has 0 bridgehead atoms. The minimum absolute atomic E-state index is 0.0502. The molecule has 0 radical (unpaired) electrons. The molecule has 100 valence electrons. The third kappa shape index (κ3) is 3.72. The Balaban J connectivity index is 3.04. The smallest absolute Gasteiger partial charge is 0.297 e. The Kier molecular flexibility index (Phi) is 5.64. The number of ether oxygens (including phenoxy) is 1. The second kappa shape index (κ2) is 6.77. The van der Waals surface area contributed by atoms with Gasteiger partial charge in [-0.2, -0.15) is 0 Å². The second-order valence-electron chi connectivity index (χ2n) is 3.45. The standard InChI is InChI=1S/C10H12BrClN2O4/c1-18-7-2-8(11)10(9(3-7)14(16)17)13-5-6(15)4-12/h2-3,6,13,15H,4-5H2,1H3. The maximum absolute atomic E-state index is 11.0. The van der Waals surface area contributed by atoms with Crippen molar-refractivity contribution in [3.8, 4) is 5.75 Å². The molecule has 0 fully saturated rings. The topological polar surface area (TPSA) is 84.6 Å². The van der Waals surface area contributed by atoms with E-state index in [4.69, 9.17) is 16.3 Å². The molecular weight excluding hydrogens is 327 g/mol. The number of benzene rings is 1. The van der Waals surface area contributed by atoms with Gasteiger partial charge < -0.3 is 15.2 Å². The Morgan fingerprint density at radius 1 is 1.67 bits per heavy atom. The van der Waals surface area contributed by atoms with Crippen LogP contribution in [-0.4, -0.2) is 35.7 Å². The van der Waals surface area contributed by atoms with Crippen molar-refractivity contribution in [3.05, 3.63) is 26.7 Å². The summed E-state index contributed by atoms with van der Waals surface area (Å²) in [7, 11) is 1.43. The predicted octanol–water partition coefficient (Wildman–Crippen LogP) is 2.38. The van der Waals surface area contributed by atoms with E-state index in [-0.39, 0.29) is 23.8 Å². The molecule has 1 unspecified atom stereocenters. The van der Waals surface area contributed by atoms with E-state index < -0.39 is 11.0 Å². The lowest BCUT2D eigenvalue weighted by atomic mass is 10.2. The van der Waals surface area contributed by atoms with Gasteiger partial charge in [0, 0.05) is 6.54 Å². The number of nitro groups is 1. The van der Waals surface area contributed by atoms with Gasteiger partial charge in [0.2, 0.25) is 0 Å². The van der Waals surface area contributed by atoms with Gasteiger partial charge >= 0.3 is 0 Å². The number of hydrogen-bond donors (Lipinski definition) is 2. The molecular formula is C10H12BrClN2O4. The van der Waals surface area contributed by atoms with E-state index in [0.717, 1.165) is 0 Å². The van der Waals surface area contributed by atoms with Gasteiger partial charge in [-0.3, -0.25) is 10.1 Å². The molecule has 0 aromatic heterocycles. The van der Waals surface area contributed by atoms with Crippen molar-refractivity contribution >= 4 is 38.9 Å². The van der Waals surface area contributed by atoms with Crippen LogP contribution in [0.25, 0.3) is 0 Å². The highest BCUT2D eigenvalue weighted by Gasteiger charge is 2.19. The summed E-state index contributed by atoms with van der Waals surface area (Å²) in [6, 6.07) is 2.91. The van der Waals surface area contributed by atoms with E-state index in [2.05, 4.69) is 21.2 Å². The Hall–Kier alpha value is -1.05. The Morgan fingerprint density at radius 3 is 2.83 bits per heavy atom. The van der Waals surface area contributed by atoms with Gasteiger partial charge in [0.25, 0.3) is 5.69 Å². The molecule has 0 aliphatic heterocycles. The number of aliphatic hydroxyl groups is 1. The number of rotatable bonds is 6. The first kappa shape index (κ1) is 15.0. The van der Waals surface area contributed by atoms with Crippen molar-refractivity contribution in [1.82, 2.24) is 0 Å². The average molecular weight is 340 g/mol. The fraction of sp³-hybridized carbons (Fsp3) is 0.400. The van der Waals surface area contributed by atoms with Gasteiger partial charge in [-0.15, -0.1) is 11.6 Å². The van der Waals surface area contributed by atoms with Gasteiger partial charge in [-0.25, -0.2) is 0 Å². The minimum Gasteiger partial charge on any atom is -0.496 e. The van der Waals surface area contributed by atoms with Crippen LogP contribution in [0, 0.1) is 10.1 Å². The molecule has 0 saturated heterocycles. The molecule has 6 nitrogen and oxygen atoms in total. The fourth-order valence-electron chi connectivity index (χ4n) is 1.28. The summed E-state index contributed by atoms with van der Waals surface area (Å²) in [6.45, 7) is 0.120. The zero-order valence-electron chi connectivity index (χ0n) is 9.52. The predicted molar refractivity (Wildman–Crippen MR) is 72.6 cm³/mol. The van der Waals surface area contributed by atoms with Crippen LogP contribution in [0.15, 0.2) is 16.6 Å². The third-order valence-electron chi connectivity index (χ3n) is 2.17. The van der Waals surface area contributed by atoms with E-state index in [9.17, 15) is 15.2 Å². The fourth-order valence-corrected chi connectivity index (χ4v) is 1.96. The largest absolute Gasteiger partial charge is 0.496 e. The van der Waals surface area contributed by atoms with Crippen LogP contribution in [0.1, 0.15) is 0 Å². The highest BCUT2D eigenvalue weighted by molar-refractivity contribution is 9.10. The molecule has 18 heavy (non-hydrogen) atoms. The zero-order chi connectivity index (χ0) is 13.7. The van der Waals surface area contributed by atoms with Crippen LogP contribution >= 0.6 is 27.5 Å². The SMILES string of the molecule is COc1cc(Br)c(NCC(O)CCl)c([N+](=O)[O-])c1. The summed E-state index contributed by atoms with van der Waals surface area (Å²) in [5.41, 5.74) is 0.146. The molecule has 1 rings (SSSR count). The van der Waals surface area contributed by atoms with E-state index in [1.165, 1.54) is 13.2 Å². The van der Waals surface area contributed by atoms with Crippen LogP contribution in [-0.2, 0) is 0 Å². The van der Waals surface area contributed by atoms with E-state index in [1.54, 1.807) is 6.07 Å². The molecule has 2 N–H and O–H groups in total. The molecule has 0 aliphatic carbocycles. The van der Waals surface area contributed by atoms with Crippen LogP contribution in [0.4, 0.5) is 11.4 Å². The minimum atomic E-state index is -0.778. The lowest BCUT2D eigenvalue weighted by molar-refractivity contribution is -0.384. The van der Waals surface area contributed by atoms with Gasteiger partial charge in [-0.05, 0) is 22.0 Å². The van der Waals surface area contributed by atoms with Crippen LogP contribution in [0.2, 0.25) is 0 Å². The number of methoxy groups -OCH3 is 1. The molecule has 1 aromatic rings. The average Bonchev–Trinajstić information content (AvgIpc) is 2.35. The molecule has 8 heteroatoms. The summed E-state index contributed by atoms with van der Waals surface area (Å²) < 4.78 is 5.44. The molecule has 1 atom stereocenters. The summed E-state index contributed by atoms with van der Waals surface area (Å²) in [6.07, 6.45) is -0.778. The Bertz CT molecular complexity index is 444. The first-order valence-corrected chi connectivity index (χ1v) is 6.32. The van der Waals surface area contributed by atoms with Crippen molar-refractivity contribution in [1.29, 1.82) is 0 Å². The summed E-state index contributed by atoms with van der Waals surface area (Å²) in [5, 5.41) is 23.1. The van der Waals surface area contributed by atoms with E-state index >= 15 is 0 Å². The quantitative estimate of drug-likeness (QED) is 0.472. The first-order chi connectivity index (χ1) is 8.49. The maximum atomic E-state index is 11.0. The summed E-state index contributed by atoms with van der Waals surface area (Å²) in [4.78, 5) is 10.4. The van der Waals surface area contributed by atoms with Crippen molar-refractivity contribution in [3.63, 3.8) is 0 Å². The van der Waals surface area contributed by atoms with Gasteiger partial charge in [0.1, 0.15) is 11.4 Å². The number of hydrogen-bond acceptors (Lipinski definition) is 5. The number of halogens is 2. The molecule has 0 aliphatic rings. The number of nitro benzene ring substituents is 1. The van der Waals surface area contributed by atoms with Gasteiger partial charge in [0.05, 0.1) is 34.6 Å².